The Morgan fingerprint density at radius 3 is 1.33 bits per heavy atom. The van der Waals surface area contributed by atoms with E-state index in [4.69, 9.17) is 9.47 Å². The first-order chi connectivity index (χ1) is 20.8. The Morgan fingerprint density at radius 2 is 0.978 bits per heavy atom. The molecular weight excluding hydrogens is 615 g/mol. The van der Waals surface area contributed by atoms with Crippen molar-refractivity contribution in [2.75, 3.05) is 52.5 Å². The molecule has 0 bridgehead atoms. The van der Waals surface area contributed by atoms with Crippen LogP contribution in [0.25, 0.3) is 21.5 Å². The molecule has 0 saturated heterocycles. The van der Waals surface area contributed by atoms with Crippen LogP contribution in [0.3, 0.4) is 0 Å². The number of hydrogen-bond acceptors (Lipinski definition) is 8. The highest BCUT2D eigenvalue weighted by Gasteiger charge is 2.24. The van der Waals surface area contributed by atoms with Crippen molar-refractivity contribution < 1.29 is 29.3 Å². The number of likely N-dealkylation sites (N-methyl/N-ethyl adjacent to an activating group) is 2. The van der Waals surface area contributed by atoms with E-state index in [0.29, 0.717) is 24.2 Å². The predicted octanol–water partition coefficient (Wildman–Crippen LogP) is 6.84. The van der Waals surface area contributed by atoms with E-state index in [2.05, 4.69) is 9.80 Å². The Bertz CT molecular complexity index is 1470. The summed E-state index contributed by atoms with van der Waals surface area (Å²) in [5.41, 5.74) is 1.04. The lowest BCUT2D eigenvalue weighted by molar-refractivity contribution is 0.0454. The van der Waals surface area contributed by atoms with Crippen LogP contribution in [0.4, 0.5) is 0 Å². The summed E-state index contributed by atoms with van der Waals surface area (Å²) >= 11 is 0. The zero-order valence-electron chi connectivity index (χ0n) is 26.4. The molecule has 0 saturated carbocycles. The number of hydrogen-bond donors (Lipinski definition) is 2. The first kappa shape index (κ1) is 37.6. The maximum atomic E-state index is 13.2. The lowest BCUT2D eigenvalue weighted by Crippen LogP contribution is -2.28. The maximum absolute atomic E-state index is 13.2. The molecule has 0 aliphatic rings. The number of rotatable bonds is 14. The van der Waals surface area contributed by atoms with Crippen molar-refractivity contribution in [2.45, 2.75) is 34.1 Å². The average molecular weight is 660 g/mol. The second-order valence-corrected chi connectivity index (χ2v) is 10.4. The van der Waals surface area contributed by atoms with Gasteiger partial charge in [0, 0.05) is 30.6 Å². The smallest absolute Gasteiger partial charge is 0.341 e. The quantitative estimate of drug-likeness (QED) is 0.142. The van der Waals surface area contributed by atoms with E-state index in [1.807, 2.05) is 76.2 Å². The van der Waals surface area contributed by atoms with E-state index in [-0.39, 0.29) is 67.1 Å². The van der Waals surface area contributed by atoms with E-state index in [1.165, 1.54) is 0 Å². The molecule has 10 heteroatoms. The van der Waals surface area contributed by atoms with Crippen LogP contribution >= 0.6 is 24.8 Å². The molecule has 8 nitrogen and oxygen atoms in total. The molecule has 2 N–H and O–H groups in total. The van der Waals surface area contributed by atoms with Gasteiger partial charge in [0.25, 0.3) is 0 Å². The van der Waals surface area contributed by atoms with Crippen LogP contribution in [-0.2, 0) is 15.9 Å². The van der Waals surface area contributed by atoms with E-state index in [9.17, 15) is 19.8 Å². The minimum atomic E-state index is -0.615. The van der Waals surface area contributed by atoms with Crippen LogP contribution in [0.2, 0.25) is 0 Å². The molecule has 0 atom stereocenters. The van der Waals surface area contributed by atoms with Crippen LogP contribution in [0.1, 0.15) is 59.5 Å². The van der Waals surface area contributed by atoms with E-state index in [1.54, 1.807) is 12.1 Å². The molecule has 0 spiro atoms. The lowest BCUT2D eigenvalue weighted by atomic mass is 9.90. The number of carbonyl (C=O) groups excluding carboxylic acids is 2. The second kappa shape index (κ2) is 17.8. The topological polar surface area (TPSA) is 99.5 Å². The number of esters is 2. The molecule has 0 fully saturated rings. The normalized spacial score (nSPS) is 11.0. The minimum Gasteiger partial charge on any atom is -0.507 e. The molecule has 0 radical (unpaired) electrons. The van der Waals surface area contributed by atoms with Gasteiger partial charge in [-0.25, -0.2) is 9.59 Å². The highest BCUT2D eigenvalue weighted by molar-refractivity contribution is 6.03. The molecule has 0 aliphatic carbocycles. The number of benzene rings is 4. The van der Waals surface area contributed by atoms with Gasteiger partial charge in [-0.3, -0.25) is 0 Å². The molecule has 4 rings (SSSR count). The van der Waals surface area contributed by atoms with Crippen LogP contribution in [0, 0.1) is 0 Å². The number of fused-ring (bicyclic) bond motifs is 2. The first-order valence-corrected chi connectivity index (χ1v) is 15.1. The van der Waals surface area contributed by atoms with Gasteiger partial charge < -0.3 is 29.5 Å². The summed E-state index contributed by atoms with van der Waals surface area (Å²) < 4.78 is 11.1. The summed E-state index contributed by atoms with van der Waals surface area (Å²) in [7, 11) is 0. The van der Waals surface area contributed by atoms with Gasteiger partial charge in [0.15, 0.2) is 0 Å². The largest absolute Gasteiger partial charge is 0.507 e. The van der Waals surface area contributed by atoms with E-state index >= 15 is 0 Å². The fourth-order valence-corrected chi connectivity index (χ4v) is 5.44. The second-order valence-electron chi connectivity index (χ2n) is 10.4. The first-order valence-electron chi connectivity index (χ1n) is 15.1. The molecule has 0 unspecified atom stereocenters. The number of phenolic OH excluding ortho intramolecular Hbond substituents is 2. The Hall–Kier alpha value is -3.56. The third-order valence-electron chi connectivity index (χ3n) is 8.12. The van der Waals surface area contributed by atoms with Gasteiger partial charge in [0.2, 0.25) is 0 Å². The van der Waals surface area contributed by atoms with Crippen molar-refractivity contribution >= 4 is 58.3 Å². The standard InChI is InChI=1S/C35H42N2O6.2ClH/c1-5-36(6-2)17-19-42-34(40)30-21-24-13-9-11-15-26(24)28(32(30)38)23-29-27-16-12-10-14-25(27)22-31(33(29)39)35(41)43-20-18-37(7-3)8-4;;/h9-16,21-22,38-39H,5-8,17-20,23H2,1-4H3;2*1H. The molecule has 0 heterocycles. The zero-order valence-corrected chi connectivity index (χ0v) is 28.0. The van der Waals surface area contributed by atoms with Gasteiger partial charge in [0.05, 0.1) is 0 Å². The number of aromatic hydroxyl groups is 2. The van der Waals surface area contributed by atoms with Crippen molar-refractivity contribution in [3.63, 3.8) is 0 Å². The van der Waals surface area contributed by atoms with Crippen molar-refractivity contribution in [3.05, 3.63) is 82.9 Å². The van der Waals surface area contributed by atoms with Gasteiger partial charge >= 0.3 is 11.9 Å². The number of halogens is 2. The fraction of sp³-hybridized carbons (Fsp3) is 0.371. The van der Waals surface area contributed by atoms with Gasteiger partial charge in [0.1, 0.15) is 35.8 Å². The monoisotopic (exact) mass is 658 g/mol. The van der Waals surface area contributed by atoms with Gasteiger partial charge in [-0.15, -0.1) is 24.8 Å². The third kappa shape index (κ3) is 8.79. The molecule has 4 aromatic carbocycles. The molecule has 0 amide bonds. The highest BCUT2D eigenvalue weighted by atomic mass is 35.5. The number of ether oxygens (including phenoxy) is 2. The fourth-order valence-electron chi connectivity index (χ4n) is 5.44. The number of nitrogens with zero attached hydrogens (tertiary/aromatic N) is 2. The predicted molar refractivity (Wildman–Crippen MR) is 185 cm³/mol. The maximum Gasteiger partial charge on any atom is 0.341 e. The molecule has 244 valence electrons. The molecule has 45 heavy (non-hydrogen) atoms. The minimum absolute atomic E-state index is 0. The highest BCUT2D eigenvalue weighted by Crippen LogP contribution is 2.39. The zero-order chi connectivity index (χ0) is 30.9. The van der Waals surface area contributed by atoms with E-state index < -0.39 is 11.9 Å². The molecule has 4 aromatic rings. The third-order valence-corrected chi connectivity index (χ3v) is 8.12. The lowest BCUT2D eigenvalue weighted by Gasteiger charge is -2.19. The summed E-state index contributed by atoms with van der Waals surface area (Å²) in [4.78, 5) is 30.6. The summed E-state index contributed by atoms with van der Waals surface area (Å²) in [5.74, 6) is -1.64. The van der Waals surface area contributed by atoms with Crippen LogP contribution in [0.15, 0.2) is 60.7 Å². The van der Waals surface area contributed by atoms with Gasteiger partial charge in [-0.05, 0) is 59.9 Å². The Labute approximate surface area is 277 Å². The number of phenols is 2. The van der Waals surface area contributed by atoms with Crippen molar-refractivity contribution in [1.82, 2.24) is 9.80 Å². The Balaban J connectivity index is 0.00000353. The van der Waals surface area contributed by atoms with E-state index in [0.717, 1.165) is 47.7 Å². The summed E-state index contributed by atoms with van der Waals surface area (Å²) in [6, 6.07) is 18.2. The summed E-state index contributed by atoms with van der Waals surface area (Å²) in [6.07, 6.45) is 0.0693. The summed E-state index contributed by atoms with van der Waals surface area (Å²) in [6.45, 7) is 13.2. The van der Waals surface area contributed by atoms with Crippen LogP contribution < -0.4 is 0 Å². The van der Waals surface area contributed by atoms with Gasteiger partial charge in [-0.2, -0.15) is 0 Å². The van der Waals surface area contributed by atoms with Crippen molar-refractivity contribution in [1.29, 1.82) is 0 Å². The molecule has 0 aromatic heterocycles. The average Bonchev–Trinajstić information content (AvgIpc) is 3.03. The Morgan fingerprint density at radius 1 is 0.622 bits per heavy atom. The number of carbonyl (C=O) groups is 2. The SMILES string of the molecule is CCN(CC)CCOC(=O)c1cc2ccccc2c(Cc2c(O)c(C(=O)OCCN(CC)CC)cc3ccccc23)c1O.Cl.Cl. The van der Waals surface area contributed by atoms with Crippen LogP contribution in [0.5, 0.6) is 11.5 Å². The summed E-state index contributed by atoms with van der Waals surface area (Å²) in [5, 5.41) is 25.9. The Kier molecular flexibility index (Phi) is 14.9. The molecular formula is C35H44Cl2N2O6. The van der Waals surface area contributed by atoms with Crippen LogP contribution in [-0.4, -0.2) is 84.4 Å². The van der Waals surface area contributed by atoms with Gasteiger partial charge in [-0.1, -0.05) is 76.2 Å². The van der Waals surface area contributed by atoms with Crippen molar-refractivity contribution in [3.8, 4) is 11.5 Å². The van der Waals surface area contributed by atoms with Crippen molar-refractivity contribution in [2.24, 2.45) is 0 Å². The molecule has 0 aliphatic heterocycles.